The molecule has 0 unspecified atom stereocenters. The molecule has 0 saturated carbocycles. The molecule has 0 atom stereocenters. The summed E-state index contributed by atoms with van der Waals surface area (Å²) >= 11 is 0. The van der Waals surface area contributed by atoms with Gasteiger partial charge in [-0.1, -0.05) is 18.2 Å². The quantitative estimate of drug-likeness (QED) is 0.325. The van der Waals surface area contributed by atoms with E-state index in [0.717, 1.165) is 5.56 Å². The van der Waals surface area contributed by atoms with Crippen LogP contribution >= 0.6 is 0 Å². The number of aromatic amines is 1. The maximum Gasteiger partial charge on any atom is 0.279 e. The number of H-pyrrole nitrogens is 1. The lowest BCUT2D eigenvalue weighted by molar-refractivity contribution is 0.102. The molecule has 180 valence electrons. The van der Waals surface area contributed by atoms with Crippen LogP contribution in [0.15, 0.2) is 103 Å². The van der Waals surface area contributed by atoms with E-state index in [0.29, 0.717) is 34.5 Å². The third-order valence-corrected chi connectivity index (χ3v) is 5.61. The van der Waals surface area contributed by atoms with Gasteiger partial charge in [-0.15, -0.1) is 0 Å². The number of hydrogen-bond acceptors (Lipinski definition) is 7. The average molecular weight is 489 g/mol. The number of nitrogens with zero attached hydrogens (tertiary/aromatic N) is 6. The van der Waals surface area contributed by atoms with Crippen molar-refractivity contribution in [1.82, 2.24) is 34.1 Å². The molecule has 1 aromatic carbocycles. The van der Waals surface area contributed by atoms with Gasteiger partial charge in [0.25, 0.3) is 11.5 Å². The molecule has 11 nitrogen and oxygen atoms in total. The molecule has 0 spiro atoms. The van der Waals surface area contributed by atoms with Crippen molar-refractivity contribution in [2.24, 2.45) is 0 Å². The van der Waals surface area contributed by atoms with E-state index in [9.17, 15) is 9.59 Å². The molecule has 3 N–H and O–H groups in total. The van der Waals surface area contributed by atoms with Gasteiger partial charge in [0.15, 0.2) is 5.65 Å². The summed E-state index contributed by atoms with van der Waals surface area (Å²) in [5, 5.41) is 10.2. The van der Waals surface area contributed by atoms with Gasteiger partial charge in [-0.2, -0.15) is 5.10 Å². The summed E-state index contributed by atoms with van der Waals surface area (Å²) in [7, 11) is 0. The van der Waals surface area contributed by atoms with Crippen LogP contribution in [-0.2, 0) is 0 Å². The van der Waals surface area contributed by atoms with E-state index in [1.165, 1.54) is 15.3 Å². The van der Waals surface area contributed by atoms with E-state index in [2.05, 4.69) is 35.7 Å². The van der Waals surface area contributed by atoms with E-state index in [-0.39, 0.29) is 17.0 Å². The highest BCUT2D eigenvalue weighted by atomic mass is 16.1. The summed E-state index contributed by atoms with van der Waals surface area (Å²) < 4.78 is 2.94. The SMILES string of the molecule is O=C(Nc1cccc(-c2ncc[nH]2)c1)c1cnn2ccc(Nc3cccn(-c4ccccn4)c3=O)nc12. The van der Waals surface area contributed by atoms with E-state index >= 15 is 0 Å². The van der Waals surface area contributed by atoms with Crippen LogP contribution in [0.1, 0.15) is 10.4 Å². The highest BCUT2D eigenvalue weighted by molar-refractivity contribution is 6.08. The third-order valence-electron chi connectivity index (χ3n) is 5.61. The number of anilines is 3. The van der Waals surface area contributed by atoms with Crippen molar-refractivity contribution in [1.29, 1.82) is 0 Å². The number of carbonyl (C=O) groups excluding carboxylic acids is 1. The summed E-state index contributed by atoms with van der Waals surface area (Å²) in [6.45, 7) is 0. The monoisotopic (exact) mass is 489 g/mol. The van der Waals surface area contributed by atoms with E-state index < -0.39 is 0 Å². The summed E-state index contributed by atoms with van der Waals surface area (Å²) in [6.07, 6.45) is 9.79. The molecule has 6 aromatic rings. The summed E-state index contributed by atoms with van der Waals surface area (Å²) in [4.78, 5) is 42.2. The number of nitrogens with one attached hydrogen (secondary N) is 3. The lowest BCUT2D eigenvalue weighted by Crippen LogP contribution is -2.21. The first-order chi connectivity index (χ1) is 18.2. The van der Waals surface area contributed by atoms with Crippen molar-refractivity contribution in [3.05, 3.63) is 114 Å². The summed E-state index contributed by atoms with van der Waals surface area (Å²) in [6, 6.07) is 17.8. The largest absolute Gasteiger partial charge is 0.345 e. The molecule has 5 aromatic heterocycles. The molecule has 0 aliphatic rings. The second-order valence-electron chi connectivity index (χ2n) is 8.02. The molecular formula is C26H19N9O2. The van der Waals surface area contributed by atoms with Gasteiger partial charge in [0, 0.05) is 42.2 Å². The highest BCUT2D eigenvalue weighted by Crippen LogP contribution is 2.21. The van der Waals surface area contributed by atoms with Gasteiger partial charge in [0.05, 0.1) is 6.20 Å². The fourth-order valence-electron chi connectivity index (χ4n) is 3.87. The minimum atomic E-state index is -0.367. The Labute approximate surface area is 209 Å². The van der Waals surface area contributed by atoms with Crippen molar-refractivity contribution < 1.29 is 4.79 Å². The van der Waals surface area contributed by atoms with Crippen LogP contribution < -0.4 is 16.2 Å². The standard InChI is InChI=1S/C26H19N9O2/c36-25(31-18-6-3-5-17(15-18)23-28-11-12-29-23)19-16-30-35-14-9-21(33-24(19)35)32-20-7-4-13-34(26(20)37)22-8-1-2-10-27-22/h1-16H,(H,28,29)(H,31,36)(H,32,33). The lowest BCUT2D eigenvalue weighted by Gasteiger charge is -2.09. The van der Waals surface area contributed by atoms with E-state index in [1.54, 1.807) is 67.4 Å². The minimum absolute atomic E-state index is 0.283. The number of amides is 1. The Bertz CT molecular complexity index is 1770. The van der Waals surface area contributed by atoms with Crippen LogP contribution in [-0.4, -0.2) is 40.0 Å². The third kappa shape index (κ3) is 4.32. The Kier molecular flexibility index (Phi) is 5.47. The Balaban J connectivity index is 1.27. The number of aromatic nitrogens is 7. The Morgan fingerprint density at radius 2 is 1.89 bits per heavy atom. The molecule has 37 heavy (non-hydrogen) atoms. The molecule has 0 saturated heterocycles. The minimum Gasteiger partial charge on any atom is -0.345 e. The zero-order valence-corrected chi connectivity index (χ0v) is 19.2. The molecule has 0 radical (unpaired) electrons. The first kappa shape index (κ1) is 21.9. The maximum absolute atomic E-state index is 13.1. The number of pyridine rings is 2. The Morgan fingerprint density at radius 3 is 2.73 bits per heavy atom. The second kappa shape index (κ2) is 9.23. The normalized spacial score (nSPS) is 10.9. The smallest absolute Gasteiger partial charge is 0.279 e. The predicted octanol–water partition coefficient (Wildman–Crippen LogP) is 3.66. The topological polar surface area (TPSA) is 135 Å². The van der Waals surface area contributed by atoms with Crippen molar-refractivity contribution in [2.75, 3.05) is 10.6 Å². The van der Waals surface area contributed by atoms with Crippen molar-refractivity contribution in [3.63, 3.8) is 0 Å². The molecule has 0 bridgehead atoms. The van der Waals surface area contributed by atoms with E-state index in [1.807, 2.05) is 24.3 Å². The summed E-state index contributed by atoms with van der Waals surface area (Å²) in [5.41, 5.74) is 2.09. The van der Waals surface area contributed by atoms with Gasteiger partial charge in [0.2, 0.25) is 0 Å². The Hall–Kier alpha value is -5.58. The van der Waals surface area contributed by atoms with Gasteiger partial charge in [-0.3, -0.25) is 14.2 Å². The van der Waals surface area contributed by atoms with Crippen molar-refractivity contribution >= 4 is 28.7 Å². The second-order valence-corrected chi connectivity index (χ2v) is 8.02. The number of carbonyl (C=O) groups is 1. The molecule has 11 heteroatoms. The van der Waals surface area contributed by atoms with Gasteiger partial charge in [-0.25, -0.2) is 19.5 Å². The zero-order valence-electron chi connectivity index (χ0n) is 19.2. The van der Waals surface area contributed by atoms with Gasteiger partial charge >= 0.3 is 0 Å². The van der Waals surface area contributed by atoms with Gasteiger partial charge in [-0.05, 0) is 42.5 Å². The van der Waals surface area contributed by atoms with Crippen LogP contribution in [0.25, 0.3) is 22.9 Å². The molecule has 6 rings (SSSR count). The first-order valence-corrected chi connectivity index (χ1v) is 11.3. The number of benzene rings is 1. The maximum atomic E-state index is 13.1. The zero-order chi connectivity index (χ0) is 25.2. The van der Waals surface area contributed by atoms with Crippen LogP contribution in [0.2, 0.25) is 0 Å². The number of fused-ring (bicyclic) bond motifs is 1. The number of rotatable bonds is 6. The summed E-state index contributed by atoms with van der Waals surface area (Å²) in [5.74, 6) is 1.23. The molecule has 5 heterocycles. The fourth-order valence-corrected chi connectivity index (χ4v) is 3.87. The fraction of sp³-hybridized carbons (Fsp3) is 0. The van der Waals surface area contributed by atoms with Crippen LogP contribution in [0, 0.1) is 0 Å². The highest BCUT2D eigenvalue weighted by Gasteiger charge is 2.16. The van der Waals surface area contributed by atoms with Gasteiger partial charge < -0.3 is 15.6 Å². The molecule has 0 aliphatic heterocycles. The lowest BCUT2D eigenvalue weighted by atomic mass is 10.2. The van der Waals surface area contributed by atoms with Crippen molar-refractivity contribution in [3.8, 4) is 17.2 Å². The Morgan fingerprint density at radius 1 is 0.946 bits per heavy atom. The number of imidazole rings is 1. The molecule has 0 fully saturated rings. The number of hydrogen-bond donors (Lipinski definition) is 3. The van der Waals surface area contributed by atoms with Crippen molar-refractivity contribution in [2.45, 2.75) is 0 Å². The molecule has 1 amide bonds. The van der Waals surface area contributed by atoms with Crippen LogP contribution in [0.5, 0.6) is 0 Å². The molecule has 0 aliphatic carbocycles. The average Bonchev–Trinajstić information content (AvgIpc) is 3.61. The van der Waals surface area contributed by atoms with E-state index in [4.69, 9.17) is 0 Å². The molecular weight excluding hydrogens is 470 g/mol. The van der Waals surface area contributed by atoms with Crippen LogP contribution in [0.3, 0.4) is 0 Å². The van der Waals surface area contributed by atoms with Gasteiger partial charge in [0.1, 0.15) is 28.7 Å². The predicted molar refractivity (Wildman–Crippen MR) is 138 cm³/mol. The first-order valence-electron chi connectivity index (χ1n) is 11.3. The van der Waals surface area contributed by atoms with Crippen LogP contribution in [0.4, 0.5) is 17.2 Å².